The van der Waals surface area contributed by atoms with E-state index in [4.69, 9.17) is 35.3 Å². The lowest BCUT2D eigenvalue weighted by Crippen LogP contribution is -2.38. The van der Waals surface area contributed by atoms with E-state index in [0.29, 0.717) is 46.7 Å². The van der Waals surface area contributed by atoms with Crippen molar-refractivity contribution < 1.29 is 38.1 Å². The van der Waals surface area contributed by atoms with Crippen molar-refractivity contribution >= 4 is 35.3 Å². The average molecular weight is 631 g/mol. The first-order chi connectivity index (χ1) is 21.1. The van der Waals surface area contributed by atoms with E-state index < -0.39 is 11.9 Å². The first kappa shape index (κ1) is 34.6. The number of unbranched alkanes of at least 4 members (excludes halogenated alkanes) is 1. The zero-order valence-electron chi connectivity index (χ0n) is 26.6. The van der Waals surface area contributed by atoms with Crippen LogP contribution in [0.15, 0.2) is 23.8 Å². The van der Waals surface area contributed by atoms with Gasteiger partial charge in [-0.05, 0) is 57.2 Å². The SMILES string of the molecule is CCCCC(CC)NC(=O)Nc1c(C/C=C(\C)CCC(=O)Oc2ccc(OC)c(OC)c2Cl)c(OC)c(C)c2c1C(=O)OC2. The largest absolute Gasteiger partial charge is 0.496 e. The molecule has 10 nitrogen and oxygen atoms in total. The second kappa shape index (κ2) is 16.2. The Balaban J connectivity index is 1.80. The highest BCUT2D eigenvalue weighted by Crippen LogP contribution is 2.42. The Morgan fingerprint density at radius 2 is 1.77 bits per heavy atom. The number of anilines is 1. The van der Waals surface area contributed by atoms with Crippen LogP contribution in [0, 0.1) is 6.92 Å². The van der Waals surface area contributed by atoms with Crippen LogP contribution in [0.2, 0.25) is 5.02 Å². The van der Waals surface area contributed by atoms with Crippen molar-refractivity contribution in [1.82, 2.24) is 5.32 Å². The summed E-state index contributed by atoms with van der Waals surface area (Å²) in [6.45, 7) is 8.02. The van der Waals surface area contributed by atoms with E-state index in [9.17, 15) is 14.4 Å². The maximum atomic E-state index is 13.1. The number of nitrogens with one attached hydrogen (secondary N) is 2. The molecule has 2 amide bonds. The normalized spacial score (nSPS) is 13.1. The van der Waals surface area contributed by atoms with Gasteiger partial charge in [-0.2, -0.15) is 0 Å². The molecular weight excluding hydrogens is 588 g/mol. The molecule has 0 spiro atoms. The van der Waals surface area contributed by atoms with Gasteiger partial charge in [0.05, 0.1) is 32.6 Å². The molecule has 0 aromatic heterocycles. The molecule has 1 aliphatic heterocycles. The minimum absolute atomic E-state index is 0.0153. The van der Waals surface area contributed by atoms with Crippen molar-refractivity contribution in [2.45, 2.75) is 85.3 Å². The monoisotopic (exact) mass is 630 g/mol. The second-order valence-corrected chi connectivity index (χ2v) is 11.0. The van der Waals surface area contributed by atoms with Gasteiger partial charge in [0, 0.05) is 23.6 Å². The van der Waals surface area contributed by atoms with E-state index in [2.05, 4.69) is 17.6 Å². The molecule has 1 atom stereocenters. The Kier molecular flexibility index (Phi) is 12.8. The van der Waals surface area contributed by atoms with Gasteiger partial charge in [-0.15, -0.1) is 0 Å². The topological polar surface area (TPSA) is 121 Å². The van der Waals surface area contributed by atoms with Crippen molar-refractivity contribution in [3.8, 4) is 23.0 Å². The number of amides is 2. The zero-order valence-corrected chi connectivity index (χ0v) is 27.4. The predicted molar refractivity (Wildman–Crippen MR) is 169 cm³/mol. The summed E-state index contributed by atoms with van der Waals surface area (Å²) < 4.78 is 27.1. The highest BCUT2D eigenvalue weighted by molar-refractivity contribution is 6.34. The summed E-state index contributed by atoms with van der Waals surface area (Å²) in [7, 11) is 4.50. The number of cyclic esters (lactones) is 1. The molecule has 2 aromatic carbocycles. The number of ether oxygens (including phenoxy) is 5. The Hall–Kier alpha value is -3.92. The number of urea groups is 1. The Bertz CT molecular complexity index is 1410. The number of methoxy groups -OCH3 is 3. The van der Waals surface area contributed by atoms with Crippen LogP contribution in [0.3, 0.4) is 0 Å². The molecule has 11 heteroatoms. The highest BCUT2D eigenvalue weighted by Gasteiger charge is 2.33. The van der Waals surface area contributed by atoms with Gasteiger partial charge in [0.2, 0.25) is 0 Å². The molecule has 240 valence electrons. The molecule has 1 aliphatic rings. The number of fused-ring (bicyclic) bond motifs is 1. The van der Waals surface area contributed by atoms with Crippen LogP contribution in [-0.2, 0) is 22.6 Å². The van der Waals surface area contributed by atoms with Crippen LogP contribution < -0.4 is 29.6 Å². The standard InChI is InChI=1S/C33H43ClN2O8/c1-8-10-11-21(9-2)35-33(39)36-29-22(30(41-6)20(4)23-18-43-32(38)27(23)29)14-12-19(3)13-17-26(37)44-24-15-16-25(40-5)31(42-7)28(24)34/h12,15-16,21H,8-11,13-14,17-18H2,1-7H3,(H2,35,36,39)/b19-12+. The van der Waals surface area contributed by atoms with Crippen molar-refractivity contribution in [2.24, 2.45) is 0 Å². The van der Waals surface area contributed by atoms with Crippen LogP contribution in [0.4, 0.5) is 10.5 Å². The molecule has 0 saturated carbocycles. The van der Waals surface area contributed by atoms with Crippen LogP contribution in [0.5, 0.6) is 23.0 Å². The smallest absolute Gasteiger partial charge is 0.341 e. The van der Waals surface area contributed by atoms with Crippen LogP contribution in [0.1, 0.15) is 86.3 Å². The quantitative estimate of drug-likeness (QED) is 0.119. The van der Waals surface area contributed by atoms with Crippen molar-refractivity contribution in [3.63, 3.8) is 0 Å². The summed E-state index contributed by atoms with van der Waals surface area (Å²) in [6, 6.07) is 2.79. The van der Waals surface area contributed by atoms with Gasteiger partial charge in [-0.1, -0.05) is 49.9 Å². The van der Waals surface area contributed by atoms with E-state index in [1.54, 1.807) is 19.2 Å². The minimum atomic E-state index is -0.488. The third-order valence-corrected chi connectivity index (χ3v) is 8.06. The fourth-order valence-corrected chi connectivity index (χ4v) is 5.43. The van der Waals surface area contributed by atoms with Crippen molar-refractivity contribution in [2.75, 3.05) is 26.6 Å². The Labute approximate surface area is 264 Å². The summed E-state index contributed by atoms with van der Waals surface area (Å²) in [5.74, 6) is 0.500. The summed E-state index contributed by atoms with van der Waals surface area (Å²) in [4.78, 5) is 38.6. The number of hydrogen-bond acceptors (Lipinski definition) is 8. The number of carbonyl (C=O) groups excluding carboxylic acids is 3. The molecule has 0 bridgehead atoms. The van der Waals surface area contributed by atoms with Gasteiger partial charge in [0.1, 0.15) is 17.4 Å². The van der Waals surface area contributed by atoms with E-state index in [1.165, 1.54) is 14.2 Å². The molecule has 0 fully saturated rings. The van der Waals surface area contributed by atoms with Gasteiger partial charge in [0.15, 0.2) is 17.2 Å². The van der Waals surface area contributed by atoms with Crippen molar-refractivity contribution in [1.29, 1.82) is 0 Å². The van der Waals surface area contributed by atoms with Crippen LogP contribution in [-0.4, -0.2) is 45.3 Å². The molecule has 1 unspecified atom stereocenters. The second-order valence-electron chi connectivity index (χ2n) is 10.6. The van der Waals surface area contributed by atoms with E-state index in [-0.39, 0.29) is 41.6 Å². The number of esters is 2. The summed E-state index contributed by atoms with van der Waals surface area (Å²) >= 11 is 6.35. The lowest BCUT2D eigenvalue weighted by molar-refractivity contribution is -0.134. The van der Waals surface area contributed by atoms with Crippen molar-refractivity contribution in [3.05, 3.63) is 51.1 Å². The first-order valence-electron chi connectivity index (χ1n) is 14.8. The van der Waals surface area contributed by atoms with Gasteiger partial charge in [0.25, 0.3) is 0 Å². The molecule has 2 N–H and O–H groups in total. The number of allylic oxidation sites excluding steroid dienone is 2. The molecule has 0 aliphatic carbocycles. The fraction of sp³-hybridized carbons (Fsp3) is 0.485. The molecule has 2 aromatic rings. The molecular formula is C33H43ClN2O8. The lowest BCUT2D eigenvalue weighted by Gasteiger charge is -2.22. The third kappa shape index (κ3) is 8.16. The number of rotatable bonds is 15. The summed E-state index contributed by atoms with van der Waals surface area (Å²) in [5.41, 5.74) is 3.75. The van der Waals surface area contributed by atoms with Gasteiger partial charge in [-0.25, -0.2) is 9.59 Å². The number of benzene rings is 2. The zero-order chi connectivity index (χ0) is 32.4. The number of hydrogen-bond donors (Lipinski definition) is 2. The van der Waals surface area contributed by atoms with Crippen LogP contribution >= 0.6 is 11.6 Å². The van der Waals surface area contributed by atoms with Gasteiger partial charge >= 0.3 is 18.0 Å². The Morgan fingerprint density at radius 3 is 2.41 bits per heavy atom. The number of halogens is 1. The molecule has 44 heavy (non-hydrogen) atoms. The fourth-order valence-electron chi connectivity index (χ4n) is 5.16. The minimum Gasteiger partial charge on any atom is -0.496 e. The molecule has 3 rings (SSSR count). The Morgan fingerprint density at radius 1 is 1.07 bits per heavy atom. The maximum absolute atomic E-state index is 13.1. The third-order valence-electron chi connectivity index (χ3n) is 7.70. The highest BCUT2D eigenvalue weighted by atomic mass is 35.5. The predicted octanol–water partition coefficient (Wildman–Crippen LogP) is 7.31. The van der Waals surface area contributed by atoms with E-state index >= 15 is 0 Å². The summed E-state index contributed by atoms with van der Waals surface area (Å²) in [5, 5.41) is 6.12. The van der Waals surface area contributed by atoms with E-state index in [1.807, 2.05) is 26.8 Å². The lowest BCUT2D eigenvalue weighted by atomic mass is 9.93. The van der Waals surface area contributed by atoms with Crippen LogP contribution in [0.25, 0.3) is 0 Å². The molecule has 0 radical (unpaired) electrons. The first-order valence-corrected chi connectivity index (χ1v) is 15.2. The average Bonchev–Trinajstić information content (AvgIpc) is 3.40. The molecule has 0 saturated heterocycles. The van der Waals surface area contributed by atoms with Gasteiger partial charge in [-0.3, -0.25) is 4.79 Å². The van der Waals surface area contributed by atoms with Gasteiger partial charge < -0.3 is 34.3 Å². The number of carbonyl (C=O) groups is 3. The summed E-state index contributed by atoms with van der Waals surface area (Å²) in [6.07, 6.45) is 6.50. The van der Waals surface area contributed by atoms with E-state index in [0.717, 1.165) is 36.8 Å². The maximum Gasteiger partial charge on any atom is 0.341 e. The molecule has 1 heterocycles.